The van der Waals surface area contributed by atoms with Gasteiger partial charge in [0.2, 0.25) is 5.91 Å². The Morgan fingerprint density at radius 1 is 0.943 bits per heavy atom. The number of carbonyl (C=O) groups is 1. The first-order chi connectivity index (χ1) is 17.1. The average Bonchev–Trinajstić information content (AvgIpc) is 2.90. The fourth-order valence-electron chi connectivity index (χ4n) is 5.07. The maximum Gasteiger partial charge on any atom is 0.243 e. The number of nitrogens with zero attached hydrogens (tertiary/aromatic N) is 5. The Kier molecular flexibility index (Phi) is 6.75. The Bertz CT molecular complexity index is 1240. The van der Waals surface area contributed by atoms with Crippen LogP contribution in [0.4, 0.5) is 15.9 Å². The standard InChI is InChI=1S/C27H29FN6O/c28-21-10-4-7-13-24(21)33-14-16-34(17-15-33)26-25(31-22-11-5-6-12-23(22)32-26)20(18-29)27(35)30-19-8-2-1-3-9-19/h4-7,10-13,19-20H,1-3,8-9,14-17H2,(H,30,35)/t20-/m0/s1. The molecule has 1 saturated carbocycles. The molecule has 0 unspecified atom stereocenters. The van der Waals surface area contributed by atoms with E-state index < -0.39 is 5.92 Å². The summed E-state index contributed by atoms with van der Waals surface area (Å²) in [6.45, 7) is 2.36. The van der Waals surface area contributed by atoms with Crippen molar-refractivity contribution in [3.05, 3.63) is 60.0 Å². The van der Waals surface area contributed by atoms with Crippen LogP contribution in [-0.4, -0.2) is 48.1 Å². The predicted molar refractivity (Wildman–Crippen MR) is 134 cm³/mol. The Balaban J connectivity index is 1.43. The second-order valence-electron chi connectivity index (χ2n) is 9.25. The lowest BCUT2D eigenvalue weighted by Gasteiger charge is -2.37. The van der Waals surface area contributed by atoms with Crippen molar-refractivity contribution < 1.29 is 9.18 Å². The van der Waals surface area contributed by atoms with Crippen LogP contribution in [0.15, 0.2) is 48.5 Å². The molecule has 2 aromatic carbocycles. The Morgan fingerprint density at radius 2 is 1.57 bits per heavy atom. The number of rotatable bonds is 5. The lowest BCUT2D eigenvalue weighted by atomic mass is 9.94. The van der Waals surface area contributed by atoms with E-state index in [0.717, 1.165) is 25.7 Å². The third-order valence-electron chi connectivity index (χ3n) is 6.97. The van der Waals surface area contributed by atoms with E-state index in [2.05, 4.69) is 16.3 Å². The van der Waals surface area contributed by atoms with Gasteiger partial charge in [0.1, 0.15) is 11.5 Å². The van der Waals surface area contributed by atoms with Gasteiger partial charge in [-0.1, -0.05) is 43.5 Å². The molecular weight excluding hydrogens is 443 g/mol. The molecule has 2 fully saturated rings. The van der Waals surface area contributed by atoms with Gasteiger partial charge in [-0.2, -0.15) is 5.26 Å². The SMILES string of the molecule is N#C[C@H](C(=O)NC1CCCCC1)c1nc2ccccc2nc1N1CCN(c2ccccc2F)CC1. The van der Waals surface area contributed by atoms with Gasteiger partial charge >= 0.3 is 0 Å². The van der Waals surface area contributed by atoms with E-state index >= 15 is 0 Å². The van der Waals surface area contributed by atoms with Crippen molar-refractivity contribution in [3.63, 3.8) is 0 Å². The third-order valence-corrected chi connectivity index (χ3v) is 6.97. The molecule has 8 heteroatoms. The molecule has 1 aromatic heterocycles. The third kappa shape index (κ3) is 4.90. The van der Waals surface area contributed by atoms with Crippen LogP contribution in [0, 0.1) is 17.1 Å². The summed E-state index contributed by atoms with van der Waals surface area (Å²) in [5.41, 5.74) is 2.34. The van der Waals surface area contributed by atoms with E-state index in [0.29, 0.717) is 54.4 Å². The molecule has 0 radical (unpaired) electrons. The number of piperazine rings is 1. The molecule has 1 amide bonds. The van der Waals surface area contributed by atoms with Crippen LogP contribution in [0.3, 0.4) is 0 Å². The fraction of sp³-hybridized carbons (Fsp3) is 0.407. The van der Waals surface area contributed by atoms with E-state index in [9.17, 15) is 14.4 Å². The van der Waals surface area contributed by atoms with Gasteiger partial charge < -0.3 is 15.1 Å². The van der Waals surface area contributed by atoms with Crippen LogP contribution in [0.2, 0.25) is 0 Å². The minimum absolute atomic E-state index is 0.105. The normalized spacial score (nSPS) is 17.7. The Morgan fingerprint density at radius 3 is 2.26 bits per heavy atom. The van der Waals surface area contributed by atoms with Crippen LogP contribution < -0.4 is 15.1 Å². The first-order valence-electron chi connectivity index (χ1n) is 12.3. The largest absolute Gasteiger partial charge is 0.366 e. The topological polar surface area (TPSA) is 85.1 Å². The van der Waals surface area contributed by atoms with Gasteiger partial charge in [0, 0.05) is 32.2 Å². The number of nitrogens with one attached hydrogen (secondary N) is 1. The van der Waals surface area contributed by atoms with Crippen molar-refractivity contribution >= 4 is 28.4 Å². The predicted octanol–water partition coefficient (Wildman–Crippen LogP) is 4.15. The van der Waals surface area contributed by atoms with Gasteiger partial charge in [-0.25, -0.2) is 14.4 Å². The number of anilines is 2. The van der Waals surface area contributed by atoms with Crippen LogP contribution in [-0.2, 0) is 4.79 Å². The van der Waals surface area contributed by atoms with Crippen molar-refractivity contribution in [2.45, 2.75) is 44.1 Å². The number of nitriles is 1. The molecule has 5 rings (SSSR count). The van der Waals surface area contributed by atoms with Crippen molar-refractivity contribution in [2.75, 3.05) is 36.0 Å². The van der Waals surface area contributed by atoms with Gasteiger partial charge in [0.05, 0.1) is 22.8 Å². The highest BCUT2D eigenvalue weighted by molar-refractivity contribution is 5.89. The molecule has 180 valence electrons. The molecule has 1 aliphatic heterocycles. The fourth-order valence-corrected chi connectivity index (χ4v) is 5.07. The lowest BCUT2D eigenvalue weighted by molar-refractivity contribution is -0.122. The Labute approximate surface area is 204 Å². The van der Waals surface area contributed by atoms with E-state index in [1.807, 2.05) is 35.2 Å². The summed E-state index contributed by atoms with van der Waals surface area (Å²) in [4.78, 5) is 26.9. The molecule has 1 atom stereocenters. The second-order valence-corrected chi connectivity index (χ2v) is 9.25. The number of halogens is 1. The second kappa shape index (κ2) is 10.3. The molecule has 1 N–H and O–H groups in total. The molecule has 2 heterocycles. The zero-order valence-electron chi connectivity index (χ0n) is 19.7. The molecule has 3 aromatic rings. The molecule has 2 aliphatic rings. The highest BCUT2D eigenvalue weighted by Crippen LogP contribution is 2.30. The maximum absolute atomic E-state index is 14.3. The van der Waals surface area contributed by atoms with Gasteiger partial charge in [-0.3, -0.25) is 4.79 Å². The summed E-state index contributed by atoms with van der Waals surface area (Å²) in [5.74, 6) is -1.04. The number of benzene rings is 2. The highest BCUT2D eigenvalue weighted by atomic mass is 19.1. The summed E-state index contributed by atoms with van der Waals surface area (Å²) in [6.07, 6.45) is 5.26. The highest BCUT2D eigenvalue weighted by Gasteiger charge is 2.31. The van der Waals surface area contributed by atoms with Crippen molar-refractivity contribution in [3.8, 4) is 6.07 Å². The summed E-state index contributed by atoms with van der Waals surface area (Å²) >= 11 is 0. The molecule has 1 aliphatic carbocycles. The average molecular weight is 473 g/mol. The summed E-state index contributed by atoms with van der Waals surface area (Å²) in [7, 11) is 0. The van der Waals surface area contributed by atoms with E-state index in [4.69, 9.17) is 9.97 Å². The van der Waals surface area contributed by atoms with Gasteiger partial charge in [-0.05, 0) is 37.1 Å². The molecule has 7 nitrogen and oxygen atoms in total. The number of carbonyl (C=O) groups excluding carboxylic acids is 1. The lowest BCUT2D eigenvalue weighted by Crippen LogP contribution is -2.48. The van der Waals surface area contributed by atoms with Gasteiger partial charge in [-0.15, -0.1) is 0 Å². The monoisotopic (exact) mass is 472 g/mol. The zero-order chi connectivity index (χ0) is 24.2. The smallest absolute Gasteiger partial charge is 0.243 e. The number of hydrogen-bond donors (Lipinski definition) is 1. The molecule has 0 bridgehead atoms. The zero-order valence-corrected chi connectivity index (χ0v) is 19.7. The summed E-state index contributed by atoms with van der Waals surface area (Å²) in [5, 5.41) is 13.1. The van der Waals surface area contributed by atoms with Crippen LogP contribution >= 0.6 is 0 Å². The van der Waals surface area contributed by atoms with Crippen LogP contribution in [0.1, 0.15) is 43.7 Å². The molecular formula is C27H29FN6O. The molecule has 0 spiro atoms. The number of amides is 1. The summed E-state index contributed by atoms with van der Waals surface area (Å²) < 4.78 is 14.3. The number of para-hydroxylation sites is 3. The quantitative estimate of drug-likeness (QED) is 0.601. The van der Waals surface area contributed by atoms with Crippen LogP contribution in [0.25, 0.3) is 11.0 Å². The first kappa shape index (κ1) is 23.0. The maximum atomic E-state index is 14.3. The van der Waals surface area contributed by atoms with Crippen molar-refractivity contribution in [1.29, 1.82) is 5.26 Å². The minimum Gasteiger partial charge on any atom is -0.366 e. The molecule has 35 heavy (non-hydrogen) atoms. The number of fused-ring (bicyclic) bond motifs is 1. The van der Waals surface area contributed by atoms with E-state index in [-0.39, 0.29) is 17.8 Å². The Hall–Kier alpha value is -3.73. The van der Waals surface area contributed by atoms with Gasteiger partial charge in [0.25, 0.3) is 0 Å². The first-order valence-corrected chi connectivity index (χ1v) is 12.3. The van der Waals surface area contributed by atoms with Crippen molar-refractivity contribution in [2.24, 2.45) is 0 Å². The van der Waals surface area contributed by atoms with Gasteiger partial charge in [0.15, 0.2) is 11.7 Å². The molecule has 1 saturated heterocycles. The van der Waals surface area contributed by atoms with E-state index in [1.54, 1.807) is 12.1 Å². The van der Waals surface area contributed by atoms with Crippen LogP contribution in [0.5, 0.6) is 0 Å². The number of hydrogen-bond acceptors (Lipinski definition) is 6. The van der Waals surface area contributed by atoms with Crippen molar-refractivity contribution in [1.82, 2.24) is 15.3 Å². The summed E-state index contributed by atoms with van der Waals surface area (Å²) in [6, 6.07) is 16.6. The van der Waals surface area contributed by atoms with E-state index in [1.165, 1.54) is 12.5 Å². The minimum atomic E-state index is -1.05. The number of aromatic nitrogens is 2.